The maximum atomic E-state index is 12.1. The van der Waals surface area contributed by atoms with Crippen molar-refractivity contribution in [2.75, 3.05) is 0 Å². The quantitative estimate of drug-likeness (QED) is 0.898. The van der Waals surface area contributed by atoms with Gasteiger partial charge in [0.15, 0.2) is 0 Å². The third kappa shape index (κ3) is 3.34. The van der Waals surface area contributed by atoms with Crippen molar-refractivity contribution in [2.45, 2.75) is 11.4 Å². The average Bonchev–Trinajstić information content (AvgIpc) is 2.38. The second-order valence-electron chi connectivity index (χ2n) is 3.88. The maximum absolute atomic E-state index is 12.1. The molecule has 0 aromatic heterocycles. The molecule has 2 N–H and O–H groups in total. The van der Waals surface area contributed by atoms with Gasteiger partial charge < -0.3 is 5.11 Å². The summed E-state index contributed by atoms with van der Waals surface area (Å²) in [6.45, 7) is 0.151. The molecule has 4 nitrogen and oxygen atoms in total. The van der Waals surface area contributed by atoms with Crippen molar-refractivity contribution in [3.05, 3.63) is 58.6 Å². The molecule has 0 radical (unpaired) electrons. The smallest absolute Gasteiger partial charge is 0.244 e. The van der Waals surface area contributed by atoms with Crippen LogP contribution in [-0.2, 0) is 16.6 Å². The summed E-state index contributed by atoms with van der Waals surface area (Å²) in [6.07, 6.45) is 0. The Morgan fingerprint density at radius 3 is 2.37 bits per heavy atom. The second kappa shape index (κ2) is 5.73. The molecule has 0 aliphatic carbocycles. The summed E-state index contributed by atoms with van der Waals surface area (Å²) in [5.74, 6) is -0.262. The van der Waals surface area contributed by atoms with E-state index in [9.17, 15) is 13.5 Å². The molecule has 2 rings (SSSR count). The Labute approximate surface area is 120 Å². The molecule has 100 valence electrons. The molecule has 0 spiro atoms. The van der Waals surface area contributed by atoms with Gasteiger partial charge in [-0.15, -0.1) is 0 Å². The van der Waals surface area contributed by atoms with Crippen molar-refractivity contribution in [3.8, 4) is 5.75 Å². The first kappa shape index (κ1) is 14.0. The number of phenols is 1. The SMILES string of the molecule is O=S(=O)(NCc1ccccc1Br)c1ccccc1O. The van der Waals surface area contributed by atoms with Gasteiger partial charge in [-0.1, -0.05) is 46.3 Å². The normalized spacial score (nSPS) is 11.4. The fourth-order valence-electron chi connectivity index (χ4n) is 1.58. The number of para-hydroxylation sites is 1. The van der Waals surface area contributed by atoms with Crippen LogP contribution in [0.25, 0.3) is 0 Å². The minimum atomic E-state index is -3.73. The van der Waals surface area contributed by atoms with E-state index in [1.165, 1.54) is 12.1 Å². The van der Waals surface area contributed by atoms with E-state index in [1.54, 1.807) is 12.1 Å². The number of rotatable bonds is 4. The molecule has 0 saturated carbocycles. The van der Waals surface area contributed by atoms with Crippen molar-refractivity contribution in [1.82, 2.24) is 4.72 Å². The Morgan fingerprint density at radius 1 is 1.05 bits per heavy atom. The molecule has 0 atom stereocenters. The van der Waals surface area contributed by atoms with Gasteiger partial charge in [0.05, 0.1) is 0 Å². The van der Waals surface area contributed by atoms with E-state index in [0.717, 1.165) is 10.0 Å². The number of phenolic OH excluding ortho intramolecular Hbond substituents is 1. The topological polar surface area (TPSA) is 66.4 Å². The minimum absolute atomic E-state index is 0.123. The molecule has 0 bridgehead atoms. The Hall–Kier alpha value is -1.37. The third-order valence-electron chi connectivity index (χ3n) is 2.57. The van der Waals surface area contributed by atoms with Gasteiger partial charge in [-0.2, -0.15) is 0 Å². The summed E-state index contributed by atoms with van der Waals surface area (Å²) in [5, 5.41) is 9.57. The van der Waals surface area contributed by atoms with Gasteiger partial charge in [0.1, 0.15) is 10.6 Å². The van der Waals surface area contributed by atoms with Crippen LogP contribution in [0.2, 0.25) is 0 Å². The second-order valence-corrected chi connectivity index (χ2v) is 6.47. The fourth-order valence-corrected chi connectivity index (χ4v) is 3.10. The van der Waals surface area contributed by atoms with E-state index in [1.807, 2.05) is 24.3 Å². The van der Waals surface area contributed by atoms with Crippen molar-refractivity contribution < 1.29 is 13.5 Å². The standard InChI is InChI=1S/C13H12BrNO3S/c14-11-6-2-1-5-10(11)9-15-19(17,18)13-8-4-3-7-12(13)16/h1-8,15-16H,9H2. The van der Waals surface area contributed by atoms with E-state index >= 15 is 0 Å². The van der Waals surface area contributed by atoms with E-state index in [2.05, 4.69) is 20.7 Å². The number of hydrogen-bond acceptors (Lipinski definition) is 3. The summed E-state index contributed by atoms with van der Waals surface area (Å²) in [5.41, 5.74) is 0.821. The van der Waals surface area contributed by atoms with Gasteiger partial charge in [0.25, 0.3) is 0 Å². The number of sulfonamides is 1. The molecule has 0 fully saturated rings. The molecule has 6 heteroatoms. The number of benzene rings is 2. The van der Waals surface area contributed by atoms with Crippen molar-refractivity contribution in [2.24, 2.45) is 0 Å². The van der Waals surface area contributed by atoms with Crippen LogP contribution in [0.1, 0.15) is 5.56 Å². The average molecular weight is 342 g/mol. The van der Waals surface area contributed by atoms with Crippen LogP contribution in [0, 0.1) is 0 Å². The summed E-state index contributed by atoms with van der Waals surface area (Å²) in [4.78, 5) is -0.123. The number of aromatic hydroxyl groups is 1. The summed E-state index contributed by atoms with van der Waals surface area (Å²) < 4.78 is 27.4. The summed E-state index contributed by atoms with van der Waals surface area (Å²) >= 11 is 3.35. The lowest BCUT2D eigenvalue weighted by Gasteiger charge is -2.09. The fraction of sp³-hybridized carbons (Fsp3) is 0.0769. The highest BCUT2D eigenvalue weighted by atomic mass is 79.9. The first-order valence-corrected chi connectivity index (χ1v) is 7.79. The van der Waals surface area contributed by atoms with Crippen LogP contribution < -0.4 is 4.72 Å². The summed E-state index contributed by atoms with van der Waals surface area (Å²) in [7, 11) is -3.73. The van der Waals surface area contributed by atoms with Gasteiger partial charge >= 0.3 is 0 Å². The van der Waals surface area contributed by atoms with Crippen LogP contribution in [0.5, 0.6) is 5.75 Å². The molecule has 0 amide bonds. The van der Waals surface area contributed by atoms with Crippen LogP contribution >= 0.6 is 15.9 Å². The molecule has 0 unspecified atom stereocenters. The molecule has 0 heterocycles. The van der Waals surface area contributed by atoms with E-state index in [-0.39, 0.29) is 17.2 Å². The van der Waals surface area contributed by atoms with Crippen molar-refractivity contribution in [3.63, 3.8) is 0 Å². The first-order chi connectivity index (χ1) is 9.00. The minimum Gasteiger partial charge on any atom is -0.507 e. The van der Waals surface area contributed by atoms with Crippen molar-refractivity contribution in [1.29, 1.82) is 0 Å². The Balaban J connectivity index is 2.20. The largest absolute Gasteiger partial charge is 0.507 e. The maximum Gasteiger partial charge on any atom is 0.244 e. The monoisotopic (exact) mass is 341 g/mol. The zero-order chi connectivity index (χ0) is 13.9. The van der Waals surface area contributed by atoms with Gasteiger partial charge in [-0.25, -0.2) is 13.1 Å². The predicted molar refractivity (Wildman–Crippen MR) is 76.3 cm³/mol. The molecule has 0 aliphatic rings. The van der Waals surface area contributed by atoms with E-state index < -0.39 is 10.0 Å². The number of halogens is 1. The van der Waals surface area contributed by atoms with Crippen LogP contribution in [0.15, 0.2) is 57.9 Å². The molecular formula is C13H12BrNO3S. The zero-order valence-electron chi connectivity index (χ0n) is 9.88. The number of nitrogens with one attached hydrogen (secondary N) is 1. The Kier molecular flexibility index (Phi) is 4.24. The van der Waals surface area contributed by atoms with E-state index in [4.69, 9.17) is 0 Å². The van der Waals surface area contributed by atoms with Crippen LogP contribution in [-0.4, -0.2) is 13.5 Å². The predicted octanol–water partition coefficient (Wildman–Crippen LogP) is 2.63. The van der Waals surface area contributed by atoms with E-state index in [0.29, 0.717) is 0 Å². The Bertz CT molecular complexity index is 686. The lowest BCUT2D eigenvalue weighted by Crippen LogP contribution is -2.23. The van der Waals surface area contributed by atoms with Gasteiger partial charge in [-0.05, 0) is 23.8 Å². The van der Waals surface area contributed by atoms with Gasteiger partial charge in [-0.3, -0.25) is 0 Å². The van der Waals surface area contributed by atoms with Gasteiger partial charge in [0, 0.05) is 11.0 Å². The third-order valence-corrected chi connectivity index (χ3v) is 4.79. The Morgan fingerprint density at radius 2 is 1.68 bits per heavy atom. The molecule has 2 aromatic carbocycles. The highest BCUT2D eigenvalue weighted by molar-refractivity contribution is 9.10. The summed E-state index contributed by atoms with van der Waals surface area (Å²) in [6, 6.07) is 13.2. The van der Waals surface area contributed by atoms with Crippen molar-refractivity contribution >= 4 is 26.0 Å². The lowest BCUT2D eigenvalue weighted by molar-refractivity contribution is 0.458. The van der Waals surface area contributed by atoms with Crippen LogP contribution in [0.4, 0.5) is 0 Å². The molecule has 19 heavy (non-hydrogen) atoms. The molecular weight excluding hydrogens is 330 g/mol. The molecule has 0 saturated heterocycles. The highest BCUT2D eigenvalue weighted by Crippen LogP contribution is 2.22. The van der Waals surface area contributed by atoms with Gasteiger partial charge in [0.2, 0.25) is 10.0 Å². The lowest BCUT2D eigenvalue weighted by atomic mass is 10.2. The molecule has 0 aliphatic heterocycles. The van der Waals surface area contributed by atoms with Crippen LogP contribution in [0.3, 0.4) is 0 Å². The zero-order valence-corrected chi connectivity index (χ0v) is 12.3. The molecule has 2 aromatic rings. The number of hydrogen-bond donors (Lipinski definition) is 2. The first-order valence-electron chi connectivity index (χ1n) is 5.52. The highest BCUT2D eigenvalue weighted by Gasteiger charge is 2.17.